The van der Waals surface area contributed by atoms with Gasteiger partial charge < -0.3 is 9.47 Å². The van der Waals surface area contributed by atoms with Gasteiger partial charge in [-0.25, -0.2) is 4.74 Å². The van der Waals surface area contributed by atoms with Crippen molar-refractivity contribution in [2.75, 3.05) is 13.2 Å². The minimum atomic E-state index is -7.21. The number of nitrogens with zero attached hydrogens (tertiary/aromatic N) is 1. The number of rotatable bonds is 13. The summed E-state index contributed by atoms with van der Waals surface area (Å²) >= 11 is 0. The Hall–Kier alpha value is -4.51. The van der Waals surface area contributed by atoms with Gasteiger partial charge in [0, 0.05) is 16.3 Å². The third kappa shape index (κ3) is 8.05. The lowest BCUT2D eigenvalue weighted by atomic mass is 9.90. The van der Waals surface area contributed by atoms with Crippen LogP contribution in [-0.2, 0) is 25.6 Å². The predicted molar refractivity (Wildman–Crippen MR) is 175 cm³/mol. The third-order valence-corrected chi connectivity index (χ3v) is 10.1. The first-order chi connectivity index (χ1) is 24.9. The maximum atomic E-state index is 14.7. The second-order valence-electron chi connectivity index (χ2n) is 12.7. The second-order valence-corrected chi connectivity index (χ2v) is 14.2. The maximum Gasteiger partial charge on any atom is 0.473 e. The van der Waals surface area contributed by atoms with E-state index in [0.29, 0.717) is 40.4 Å². The minimum absolute atomic E-state index is 0.166. The van der Waals surface area contributed by atoms with Gasteiger partial charge in [0.15, 0.2) is 12.3 Å². The van der Waals surface area contributed by atoms with Gasteiger partial charge in [-0.3, -0.25) is 4.28 Å². The first-order valence-corrected chi connectivity index (χ1v) is 17.7. The molecular formula is C36H30F9NO6S. The van der Waals surface area contributed by atoms with E-state index in [1.807, 2.05) is 0 Å². The molecule has 0 N–H and O–H groups in total. The molecule has 0 atom stereocenters. The molecule has 284 valence electrons. The summed E-state index contributed by atoms with van der Waals surface area (Å²) < 4.78 is 171. The zero-order valence-electron chi connectivity index (χ0n) is 27.4. The molecule has 17 heteroatoms. The molecule has 0 unspecified atom stereocenters. The third-order valence-electron chi connectivity index (χ3n) is 8.93. The average Bonchev–Trinajstić information content (AvgIpc) is 3.47. The number of hydrogen-bond acceptors (Lipinski definition) is 7. The van der Waals surface area contributed by atoms with E-state index in [1.165, 1.54) is 30.3 Å². The molecule has 6 rings (SSSR count). The molecule has 0 saturated heterocycles. The Morgan fingerprint density at radius 1 is 0.717 bits per heavy atom. The van der Waals surface area contributed by atoms with Crippen LogP contribution in [0.15, 0.2) is 84.0 Å². The number of alkyl halides is 9. The van der Waals surface area contributed by atoms with Crippen LogP contribution in [0, 0.1) is 5.92 Å². The van der Waals surface area contributed by atoms with Crippen LogP contribution in [0.1, 0.15) is 48.8 Å². The molecule has 0 amide bonds. The maximum absolute atomic E-state index is 14.7. The van der Waals surface area contributed by atoms with E-state index in [1.54, 1.807) is 36.4 Å². The number of halogens is 9. The van der Waals surface area contributed by atoms with Crippen molar-refractivity contribution >= 4 is 26.6 Å². The summed E-state index contributed by atoms with van der Waals surface area (Å²) in [5.41, 5.74) is -0.666. The normalized spacial score (nSPS) is 16.0. The monoisotopic (exact) mass is 775 g/mol. The van der Waals surface area contributed by atoms with Crippen molar-refractivity contribution in [2.24, 2.45) is 11.1 Å². The van der Waals surface area contributed by atoms with Gasteiger partial charge >= 0.3 is 33.8 Å². The molecule has 4 aromatic rings. The quantitative estimate of drug-likeness (QED) is 0.0673. The molecule has 1 saturated carbocycles. The van der Waals surface area contributed by atoms with Crippen LogP contribution < -0.4 is 9.47 Å². The number of fused-ring (bicyclic) bond motifs is 4. The van der Waals surface area contributed by atoms with Gasteiger partial charge in [0.05, 0.1) is 6.61 Å². The smallest absolute Gasteiger partial charge is 0.473 e. The first-order valence-electron chi connectivity index (χ1n) is 16.3. The summed E-state index contributed by atoms with van der Waals surface area (Å²) in [5, 5.41) is -3.81. The molecule has 2 aliphatic carbocycles. The topological polar surface area (TPSA) is 83.4 Å². The highest BCUT2D eigenvalue weighted by Gasteiger charge is 2.72. The van der Waals surface area contributed by atoms with E-state index in [-0.39, 0.29) is 17.6 Å². The number of hydrogen-bond donors (Lipinski definition) is 0. The largest absolute Gasteiger partial charge is 0.493 e. The molecule has 0 aliphatic heterocycles. The Morgan fingerprint density at radius 2 is 1.34 bits per heavy atom. The molecule has 2 aliphatic rings. The lowest BCUT2D eigenvalue weighted by molar-refractivity contribution is -0.417. The van der Waals surface area contributed by atoms with E-state index >= 15 is 0 Å². The molecule has 1 fully saturated rings. The minimum Gasteiger partial charge on any atom is -0.493 e. The van der Waals surface area contributed by atoms with Crippen LogP contribution in [-0.4, -0.2) is 51.0 Å². The summed E-state index contributed by atoms with van der Waals surface area (Å²) in [6.45, 7) is -1.71. The Labute approximate surface area is 297 Å². The Balaban J connectivity index is 1.15. The SMILES string of the molecule is O=S(=O)(O/N=C(/c1ccc2c(c1)Cc1ccccc1-2)C(F)(F)F)C(F)(F)C(F)(F)OC(F)(F)COc1cccc2c(OCC3CCCCC3)cccc12. The van der Waals surface area contributed by atoms with Crippen molar-refractivity contribution in [3.63, 3.8) is 0 Å². The van der Waals surface area contributed by atoms with E-state index in [0.717, 1.165) is 49.8 Å². The van der Waals surface area contributed by atoms with Crippen LogP contribution in [0.5, 0.6) is 11.5 Å². The van der Waals surface area contributed by atoms with Crippen molar-refractivity contribution < 1.29 is 66.4 Å². The van der Waals surface area contributed by atoms with Gasteiger partial charge in [-0.2, -0.15) is 47.9 Å². The molecule has 0 aromatic heterocycles. The summed E-state index contributed by atoms with van der Waals surface area (Å²) in [6, 6.07) is 18.6. The molecule has 7 nitrogen and oxygen atoms in total. The van der Waals surface area contributed by atoms with Crippen molar-refractivity contribution in [1.29, 1.82) is 0 Å². The van der Waals surface area contributed by atoms with Crippen molar-refractivity contribution in [3.05, 3.63) is 95.6 Å². The van der Waals surface area contributed by atoms with Crippen LogP contribution >= 0.6 is 0 Å². The fourth-order valence-corrected chi connectivity index (χ4v) is 6.94. The second kappa shape index (κ2) is 14.4. The fourth-order valence-electron chi connectivity index (χ4n) is 6.34. The zero-order chi connectivity index (χ0) is 38.2. The molecule has 0 spiro atoms. The standard InChI is InChI=1S/C36H30F9NO6S/c37-33(38,21-50-31-15-7-12-28-29(31)13-6-14-30(28)49-20-22-8-2-1-3-9-22)51-35(42,43)36(44,45)53(47,48)52-46-32(34(39,40)41)24-16-17-27-25(19-24)18-23-10-4-5-11-26(23)27/h4-7,10-17,19,22H,1-3,8-9,18,20-21H2/b46-32-. The van der Waals surface area contributed by atoms with Crippen molar-refractivity contribution in [1.82, 2.24) is 0 Å². The molecule has 53 heavy (non-hydrogen) atoms. The van der Waals surface area contributed by atoms with E-state index in [4.69, 9.17) is 9.47 Å². The van der Waals surface area contributed by atoms with Gasteiger partial charge in [0.25, 0.3) is 0 Å². The highest BCUT2D eigenvalue weighted by Crippen LogP contribution is 2.45. The predicted octanol–water partition coefficient (Wildman–Crippen LogP) is 9.86. The summed E-state index contributed by atoms with van der Waals surface area (Å²) in [7, 11) is -7.21. The fraction of sp³-hybridized carbons (Fsp3) is 0.361. The highest BCUT2D eigenvalue weighted by molar-refractivity contribution is 7.87. The summed E-state index contributed by atoms with van der Waals surface area (Å²) in [5.74, 6) is 0.408. The average molecular weight is 776 g/mol. The van der Waals surface area contributed by atoms with E-state index in [9.17, 15) is 47.9 Å². The van der Waals surface area contributed by atoms with E-state index < -0.39 is 51.6 Å². The number of oxime groups is 1. The summed E-state index contributed by atoms with van der Waals surface area (Å²) in [6.07, 6.45) is -12.0. The van der Waals surface area contributed by atoms with Crippen LogP contribution in [0.3, 0.4) is 0 Å². The zero-order valence-corrected chi connectivity index (χ0v) is 28.3. The van der Waals surface area contributed by atoms with Gasteiger partial charge in [0.1, 0.15) is 11.5 Å². The molecule has 0 bridgehead atoms. The van der Waals surface area contributed by atoms with Crippen LogP contribution in [0.25, 0.3) is 21.9 Å². The van der Waals surface area contributed by atoms with Gasteiger partial charge in [-0.15, -0.1) is 0 Å². The number of benzene rings is 4. The Kier molecular flexibility index (Phi) is 10.4. The van der Waals surface area contributed by atoms with E-state index in [2.05, 4.69) is 14.2 Å². The lowest BCUT2D eigenvalue weighted by Crippen LogP contribution is -2.53. The van der Waals surface area contributed by atoms with Crippen molar-refractivity contribution in [2.45, 2.75) is 62.2 Å². The molecule has 0 heterocycles. The van der Waals surface area contributed by atoms with Crippen molar-refractivity contribution in [3.8, 4) is 22.6 Å². The number of ether oxygens (including phenoxy) is 3. The van der Waals surface area contributed by atoms with Crippen LogP contribution in [0.4, 0.5) is 39.5 Å². The molecule has 0 radical (unpaired) electrons. The first kappa shape index (κ1) is 38.2. The summed E-state index contributed by atoms with van der Waals surface area (Å²) in [4.78, 5) is 0. The van der Waals surface area contributed by atoms with Gasteiger partial charge in [-0.05, 0) is 65.6 Å². The van der Waals surface area contributed by atoms with Gasteiger partial charge in [0.2, 0.25) is 0 Å². The Bertz CT molecular complexity index is 2120. The van der Waals surface area contributed by atoms with Crippen LogP contribution in [0.2, 0.25) is 0 Å². The lowest BCUT2D eigenvalue weighted by Gasteiger charge is -2.28. The molecular weight excluding hydrogens is 745 g/mol. The molecule has 4 aromatic carbocycles. The highest BCUT2D eigenvalue weighted by atomic mass is 32.2. The Morgan fingerprint density at radius 3 is 2.00 bits per heavy atom. The van der Waals surface area contributed by atoms with Gasteiger partial charge in [-0.1, -0.05) is 85.1 Å².